The van der Waals surface area contributed by atoms with Crippen LogP contribution >= 0.6 is 0 Å². The van der Waals surface area contributed by atoms with Crippen LogP contribution in [-0.4, -0.2) is 57.5 Å². The number of aryl methyl sites for hydroxylation is 1. The molecule has 0 atom stereocenters. The van der Waals surface area contributed by atoms with Gasteiger partial charge in [0.05, 0.1) is 12.7 Å². The Morgan fingerprint density at radius 1 is 0.949 bits per heavy atom. The molecule has 3 rings (SSSR count). The molecule has 0 radical (unpaired) electrons. The SMILES string of the molecule is COC(=O)c1cc(NC=O)c(/C(C)=C(/Nc2ccc(C(=O)NCCCN(C)C)cc2)c2ccccc2)cc1C. The summed E-state index contributed by atoms with van der Waals surface area (Å²) in [7, 11) is 5.34. The molecule has 0 saturated carbocycles. The van der Waals surface area contributed by atoms with Crippen molar-refractivity contribution in [3.8, 4) is 0 Å². The van der Waals surface area contributed by atoms with E-state index in [0.29, 0.717) is 29.8 Å². The minimum Gasteiger partial charge on any atom is -0.465 e. The summed E-state index contributed by atoms with van der Waals surface area (Å²) in [4.78, 5) is 38.3. The van der Waals surface area contributed by atoms with Crippen molar-refractivity contribution in [1.82, 2.24) is 10.2 Å². The lowest BCUT2D eigenvalue weighted by molar-refractivity contribution is -0.105. The van der Waals surface area contributed by atoms with E-state index in [-0.39, 0.29) is 5.91 Å². The summed E-state index contributed by atoms with van der Waals surface area (Å²) in [5.41, 5.74) is 6.33. The monoisotopic (exact) mass is 528 g/mol. The lowest BCUT2D eigenvalue weighted by Gasteiger charge is -2.19. The predicted molar refractivity (Wildman–Crippen MR) is 157 cm³/mol. The zero-order valence-electron chi connectivity index (χ0n) is 23.1. The number of esters is 1. The van der Waals surface area contributed by atoms with Gasteiger partial charge in [-0.3, -0.25) is 9.59 Å². The van der Waals surface area contributed by atoms with Gasteiger partial charge in [0.25, 0.3) is 5.91 Å². The normalized spacial score (nSPS) is 11.4. The van der Waals surface area contributed by atoms with Crippen LogP contribution in [0, 0.1) is 6.92 Å². The van der Waals surface area contributed by atoms with Gasteiger partial charge in [0.15, 0.2) is 0 Å². The van der Waals surface area contributed by atoms with Crippen LogP contribution in [0.15, 0.2) is 66.7 Å². The number of ether oxygens (including phenoxy) is 1. The summed E-state index contributed by atoms with van der Waals surface area (Å²) in [5.74, 6) is -0.584. The first-order chi connectivity index (χ1) is 18.7. The zero-order valence-corrected chi connectivity index (χ0v) is 23.1. The molecule has 0 unspecified atom stereocenters. The molecule has 0 heterocycles. The third-order valence-corrected chi connectivity index (χ3v) is 6.31. The molecule has 2 amide bonds. The second-order valence-corrected chi connectivity index (χ2v) is 9.45. The molecule has 3 N–H and O–H groups in total. The minimum atomic E-state index is -0.474. The molecule has 204 valence electrons. The van der Waals surface area contributed by atoms with Gasteiger partial charge in [-0.2, -0.15) is 0 Å². The number of hydrogen-bond donors (Lipinski definition) is 3. The highest BCUT2D eigenvalue weighted by Crippen LogP contribution is 2.34. The Balaban J connectivity index is 1.96. The number of nitrogens with zero attached hydrogens (tertiary/aromatic N) is 1. The minimum absolute atomic E-state index is 0.110. The number of hydrogen-bond acceptors (Lipinski definition) is 6. The number of amides is 2. The highest BCUT2D eigenvalue weighted by Gasteiger charge is 2.18. The molecule has 0 aromatic heterocycles. The first-order valence-electron chi connectivity index (χ1n) is 12.7. The van der Waals surface area contributed by atoms with E-state index >= 15 is 0 Å². The largest absolute Gasteiger partial charge is 0.465 e. The molecule has 0 aliphatic rings. The van der Waals surface area contributed by atoms with E-state index in [1.54, 1.807) is 18.2 Å². The number of methoxy groups -OCH3 is 1. The zero-order chi connectivity index (χ0) is 28.4. The van der Waals surface area contributed by atoms with E-state index in [4.69, 9.17) is 4.74 Å². The molecule has 3 aromatic rings. The third-order valence-electron chi connectivity index (χ3n) is 6.31. The number of allylic oxidation sites excluding steroid dienone is 1. The van der Waals surface area contributed by atoms with Crippen molar-refractivity contribution in [2.45, 2.75) is 20.3 Å². The van der Waals surface area contributed by atoms with Gasteiger partial charge in [0.2, 0.25) is 6.41 Å². The fourth-order valence-electron chi connectivity index (χ4n) is 4.20. The van der Waals surface area contributed by atoms with Crippen LogP contribution in [0.4, 0.5) is 11.4 Å². The lowest BCUT2D eigenvalue weighted by atomic mass is 9.95. The maximum absolute atomic E-state index is 12.5. The maximum atomic E-state index is 12.5. The van der Waals surface area contributed by atoms with Crippen molar-refractivity contribution in [3.05, 3.63) is 94.5 Å². The Morgan fingerprint density at radius 3 is 2.26 bits per heavy atom. The molecule has 3 aromatic carbocycles. The molecule has 39 heavy (non-hydrogen) atoms. The standard InChI is InChI=1S/C31H36N4O4/c1-21-18-27(28(33-20-36)19-26(21)31(38)39-5)22(2)29(23-10-7-6-8-11-23)34-25-14-12-24(13-15-25)30(37)32-16-9-17-35(3)4/h6-8,10-15,18-20,34H,9,16-17H2,1-5H3,(H,32,37)(H,33,36)/b29-22+. The summed E-state index contributed by atoms with van der Waals surface area (Å²) in [6.45, 7) is 5.30. The highest BCUT2D eigenvalue weighted by molar-refractivity contribution is 6.01. The molecule has 0 spiro atoms. The summed E-state index contributed by atoms with van der Waals surface area (Å²) >= 11 is 0. The third kappa shape index (κ3) is 7.78. The number of anilines is 2. The lowest BCUT2D eigenvalue weighted by Crippen LogP contribution is -2.27. The van der Waals surface area contributed by atoms with Crippen molar-refractivity contribution in [2.75, 3.05) is 44.9 Å². The van der Waals surface area contributed by atoms with Crippen LogP contribution in [0.25, 0.3) is 11.3 Å². The number of benzene rings is 3. The van der Waals surface area contributed by atoms with Gasteiger partial charge < -0.3 is 25.6 Å². The van der Waals surface area contributed by atoms with Crippen molar-refractivity contribution in [1.29, 1.82) is 0 Å². The molecule has 0 aliphatic carbocycles. The Labute approximate surface area is 230 Å². The van der Waals surface area contributed by atoms with E-state index < -0.39 is 5.97 Å². The van der Waals surface area contributed by atoms with Crippen molar-refractivity contribution < 1.29 is 19.1 Å². The fourth-order valence-corrected chi connectivity index (χ4v) is 4.20. The fraction of sp³-hybridized carbons (Fsp3) is 0.258. The second-order valence-electron chi connectivity index (χ2n) is 9.45. The van der Waals surface area contributed by atoms with Gasteiger partial charge in [0, 0.05) is 34.7 Å². The average molecular weight is 529 g/mol. The molecule has 0 fully saturated rings. The van der Waals surface area contributed by atoms with Crippen LogP contribution < -0.4 is 16.0 Å². The van der Waals surface area contributed by atoms with E-state index in [1.807, 2.05) is 76.5 Å². The Kier molecular flexibility index (Phi) is 10.4. The first kappa shape index (κ1) is 29.1. The molecular formula is C31H36N4O4. The molecule has 8 heteroatoms. The van der Waals surface area contributed by atoms with Crippen molar-refractivity contribution in [2.24, 2.45) is 0 Å². The second kappa shape index (κ2) is 13.9. The summed E-state index contributed by atoms with van der Waals surface area (Å²) < 4.78 is 4.90. The van der Waals surface area contributed by atoms with Crippen LogP contribution in [0.3, 0.4) is 0 Å². The topological polar surface area (TPSA) is 99.8 Å². The molecule has 8 nitrogen and oxygen atoms in total. The van der Waals surface area contributed by atoms with Crippen molar-refractivity contribution in [3.63, 3.8) is 0 Å². The molecule has 0 bridgehead atoms. The Hall–Kier alpha value is -4.43. The average Bonchev–Trinajstić information content (AvgIpc) is 2.94. The number of carbonyl (C=O) groups is 3. The summed E-state index contributed by atoms with van der Waals surface area (Å²) in [5, 5.41) is 9.18. The summed E-state index contributed by atoms with van der Waals surface area (Å²) in [6, 6.07) is 20.6. The van der Waals surface area contributed by atoms with Gasteiger partial charge in [-0.1, -0.05) is 30.3 Å². The van der Waals surface area contributed by atoms with Gasteiger partial charge >= 0.3 is 5.97 Å². The van der Waals surface area contributed by atoms with Gasteiger partial charge in [-0.25, -0.2) is 4.79 Å². The van der Waals surface area contributed by atoms with Crippen LogP contribution in [-0.2, 0) is 9.53 Å². The maximum Gasteiger partial charge on any atom is 0.338 e. The van der Waals surface area contributed by atoms with Crippen LogP contribution in [0.5, 0.6) is 0 Å². The van der Waals surface area contributed by atoms with Crippen LogP contribution in [0.2, 0.25) is 0 Å². The van der Waals surface area contributed by atoms with Crippen molar-refractivity contribution >= 4 is 40.9 Å². The van der Waals surface area contributed by atoms with E-state index in [1.165, 1.54) is 7.11 Å². The first-order valence-corrected chi connectivity index (χ1v) is 12.7. The van der Waals surface area contributed by atoms with Gasteiger partial charge in [-0.15, -0.1) is 0 Å². The van der Waals surface area contributed by atoms with E-state index in [2.05, 4.69) is 20.9 Å². The number of rotatable bonds is 12. The Morgan fingerprint density at radius 2 is 1.64 bits per heavy atom. The van der Waals surface area contributed by atoms with Gasteiger partial charge in [0.1, 0.15) is 0 Å². The smallest absolute Gasteiger partial charge is 0.338 e. The number of carbonyl (C=O) groups excluding carboxylic acids is 3. The number of nitrogens with one attached hydrogen (secondary N) is 3. The van der Waals surface area contributed by atoms with E-state index in [9.17, 15) is 14.4 Å². The molecule has 0 aliphatic heterocycles. The van der Waals surface area contributed by atoms with E-state index in [0.717, 1.165) is 46.6 Å². The molecule has 0 saturated heterocycles. The predicted octanol–water partition coefficient (Wildman–Crippen LogP) is 5.03. The highest BCUT2D eigenvalue weighted by atomic mass is 16.5. The van der Waals surface area contributed by atoms with Crippen LogP contribution in [0.1, 0.15) is 50.8 Å². The summed E-state index contributed by atoms with van der Waals surface area (Å²) in [6.07, 6.45) is 1.46. The molecular weight excluding hydrogens is 492 g/mol. The quantitative estimate of drug-likeness (QED) is 0.132. The Bertz CT molecular complexity index is 1330. The van der Waals surface area contributed by atoms with Gasteiger partial charge in [-0.05, 0) is 94.0 Å².